The highest BCUT2D eigenvalue weighted by Crippen LogP contribution is 2.28. The molecule has 1 aliphatic rings. The second-order valence-electron chi connectivity index (χ2n) is 9.00. The molecular weight excluding hydrogens is 465 g/mol. The number of Topliss-reactive ketones (excluding diaryl/α,β-unsaturated/α-hetero) is 1. The Bertz CT molecular complexity index is 1050. The molecule has 186 valence electrons. The summed E-state index contributed by atoms with van der Waals surface area (Å²) < 4.78 is 19.0. The molecule has 1 unspecified atom stereocenters. The third kappa shape index (κ3) is 7.89. The van der Waals surface area contributed by atoms with Crippen molar-refractivity contribution in [3.05, 3.63) is 101 Å². The smallest absolute Gasteiger partial charge is 0.166 e. The number of likely N-dealkylation sites (tertiary alicyclic amines) is 1. The number of ketones is 1. The molecule has 1 saturated heterocycles. The van der Waals surface area contributed by atoms with E-state index in [4.69, 9.17) is 4.74 Å². The molecule has 3 aromatic rings. The van der Waals surface area contributed by atoms with E-state index in [-0.39, 0.29) is 30.6 Å². The van der Waals surface area contributed by atoms with Crippen LogP contribution in [-0.4, -0.2) is 48.1 Å². The zero-order chi connectivity index (χ0) is 23.8. The second-order valence-corrected chi connectivity index (χ2v) is 9.00. The third-order valence-electron chi connectivity index (χ3n) is 6.50. The fourth-order valence-corrected chi connectivity index (χ4v) is 4.58. The van der Waals surface area contributed by atoms with Gasteiger partial charge in [0.05, 0.1) is 5.56 Å². The topological polar surface area (TPSA) is 49.8 Å². The highest BCUT2D eigenvalue weighted by atomic mass is 35.5. The molecule has 35 heavy (non-hydrogen) atoms. The molecular formula is C29H33ClFNO3. The van der Waals surface area contributed by atoms with Gasteiger partial charge >= 0.3 is 0 Å². The highest BCUT2D eigenvalue weighted by molar-refractivity contribution is 5.98. The number of rotatable bonds is 10. The summed E-state index contributed by atoms with van der Waals surface area (Å²) in [4.78, 5) is 15.1. The Kier molecular flexibility index (Phi) is 10.3. The number of halogens is 2. The molecule has 0 spiro atoms. The van der Waals surface area contributed by atoms with Gasteiger partial charge in [0.25, 0.3) is 0 Å². The lowest BCUT2D eigenvalue weighted by atomic mass is 9.89. The molecule has 1 fully saturated rings. The first kappa shape index (κ1) is 26.9. The average Bonchev–Trinajstić information content (AvgIpc) is 2.88. The number of piperidine rings is 1. The van der Waals surface area contributed by atoms with Crippen molar-refractivity contribution in [3.8, 4) is 5.75 Å². The fourth-order valence-electron chi connectivity index (χ4n) is 4.58. The van der Waals surface area contributed by atoms with Gasteiger partial charge in [-0.1, -0.05) is 54.6 Å². The van der Waals surface area contributed by atoms with Crippen molar-refractivity contribution in [2.75, 3.05) is 26.2 Å². The van der Waals surface area contributed by atoms with Crippen molar-refractivity contribution < 1.29 is 19.0 Å². The number of benzene rings is 3. The molecule has 0 radical (unpaired) electrons. The van der Waals surface area contributed by atoms with Gasteiger partial charge in [-0.15, -0.1) is 12.4 Å². The summed E-state index contributed by atoms with van der Waals surface area (Å²) in [5.41, 5.74) is 2.83. The van der Waals surface area contributed by atoms with Gasteiger partial charge in [0, 0.05) is 13.0 Å². The molecule has 6 heteroatoms. The van der Waals surface area contributed by atoms with E-state index < -0.39 is 6.10 Å². The van der Waals surface area contributed by atoms with Gasteiger partial charge in [-0.05, 0) is 73.7 Å². The van der Waals surface area contributed by atoms with E-state index in [1.54, 1.807) is 24.3 Å². The normalized spacial score (nSPS) is 15.3. The predicted octanol–water partition coefficient (Wildman–Crippen LogP) is 5.68. The maximum atomic E-state index is 13.1. The zero-order valence-electron chi connectivity index (χ0n) is 19.8. The fraction of sp³-hybridized carbons (Fsp3) is 0.345. The quantitative estimate of drug-likeness (QED) is 0.366. The summed E-state index contributed by atoms with van der Waals surface area (Å²) in [6.07, 6.45) is 2.39. The maximum absolute atomic E-state index is 13.1. The number of hydrogen-bond donors (Lipinski definition) is 1. The van der Waals surface area contributed by atoms with E-state index in [1.165, 1.54) is 17.7 Å². The van der Waals surface area contributed by atoms with Crippen molar-refractivity contribution in [2.24, 2.45) is 0 Å². The number of carbonyl (C=O) groups is 1. The van der Waals surface area contributed by atoms with E-state index in [0.717, 1.165) is 31.5 Å². The van der Waals surface area contributed by atoms with Crippen molar-refractivity contribution in [3.63, 3.8) is 0 Å². The van der Waals surface area contributed by atoms with E-state index in [0.29, 0.717) is 36.6 Å². The molecule has 4 rings (SSSR count). The number of nitrogens with zero attached hydrogens (tertiary/aromatic N) is 1. The molecule has 0 amide bonds. The average molecular weight is 498 g/mol. The lowest BCUT2D eigenvalue weighted by Crippen LogP contribution is -2.40. The first-order chi connectivity index (χ1) is 16.6. The summed E-state index contributed by atoms with van der Waals surface area (Å²) in [5, 5.41) is 10.6. The summed E-state index contributed by atoms with van der Waals surface area (Å²) in [7, 11) is 0. The minimum Gasteiger partial charge on any atom is -0.490 e. The number of aliphatic hydroxyl groups is 1. The van der Waals surface area contributed by atoms with Crippen LogP contribution in [0.2, 0.25) is 0 Å². The first-order valence-corrected chi connectivity index (χ1v) is 12.0. The van der Waals surface area contributed by atoms with Gasteiger partial charge < -0.3 is 14.7 Å². The Morgan fingerprint density at radius 3 is 2.34 bits per heavy atom. The summed E-state index contributed by atoms with van der Waals surface area (Å²) in [6, 6.07) is 24.0. The van der Waals surface area contributed by atoms with Crippen LogP contribution in [0, 0.1) is 5.82 Å². The van der Waals surface area contributed by atoms with Crippen LogP contribution >= 0.6 is 12.4 Å². The number of ether oxygens (including phenoxy) is 1. The monoisotopic (exact) mass is 497 g/mol. The molecule has 1 heterocycles. The van der Waals surface area contributed by atoms with Crippen LogP contribution in [0.5, 0.6) is 5.75 Å². The summed E-state index contributed by atoms with van der Waals surface area (Å²) in [6.45, 7) is 2.60. The Morgan fingerprint density at radius 2 is 1.63 bits per heavy atom. The van der Waals surface area contributed by atoms with Crippen LogP contribution < -0.4 is 4.74 Å². The van der Waals surface area contributed by atoms with Gasteiger partial charge in [0.2, 0.25) is 0 Å². The molecule has 1 aliphatic heterocycles. The largest absolute Gasteiger partial charge is 0.490 e. The molecule has 4 nitrogen and oxygen atoms in total. The van der Waals surface area contributed by atoms with Crippen LogP contribution in [0.3, 0.4) is 0 Å². The Balaban J connectivity index is 0.00000342. The molecule has 0 bridgehead atoms. The number of aryl methyl sites for hydroxylation is 1. The van der Waals surface area contributed by atoms with Crippen LogP contribution in [0.4, 0.5) is 4.39 Å². The lowest BCUT2D eigenvalue weighted by Gasteiger charge is -2.33. The van der Waals surface area contributed by atoms with Crippen molar-refractivity contribution in [2.45, 2.75) is 37.7 Å². The molecule has 3 aromatic carbocycles. The summed E-state index contributed by atoms with van der Waals surface area (Å²) in [5.74, 6) is 0.762. The minimum atomic E-state index is -0.629. The van der Waals surface area contributed by atoms with Gasteiger partial charge in [0.1, 0.15) is 24.3 Å². The third-order valence-corrected chi connectivity index (χ3v) is 6.50. The Morgan fingerprint density at radius 1 is 0.971 bits per heavy atom. The van der Waals surface area contributed by atoms with Crippen molar-refractivity contribution >= 4 is 18.2 Å². The van der Waals surface area contributed by atoms with Crippen LogP contribution in [0.25, 0.3) is 0 Å². The van der Waals surface area contributed by atoms with E-state index in [1.807, 2.05) is 18.2 Å². The van der Waals surface area contributed by atoms with Gasteiger partial charge in [0.15, 0.2) is 5.78 Å². The molecule has 0 aliphatic carbocycles. The summed E-state index contributed by atoms with van der Waals surface area (Å²) >= 11 is 0. The lowest BCUT2D eigenvalue weighted by molar-refractivity contribution is 0.0588. The molecule has 0 aromatic heterocycles. The van der Waals surface area contributed by atoms with E-state index in [9.17, 15) is 14.3 Å². The molecule has 1 N–H and O–H groups in total. The van der Waals surface area contributed by atoms with E-state index >= 15 is 0 Å². The molecule has 0 saturated carbocycles. The standard InChI is InChI=1S/C29H32FNO3.ClH/c30-25-13-10-22(11-14-25)12-15-28(33)27-8-4-5-9-29(27)34-21-26(32)20-31-18-16-24(17-19-31)23-6-2-1-3-7-23;/h1-11,13-14,24,26,32H,12,15-21H2;1H. The van der Waals surface area contributed by atoms with Crippen molar-refractivity contribution in [1.82, 2.24) is 4.90 Å². The van der Waals surface area contributed by atoms with Gasteiger partial charge in [-0.25, -0.2) is 4.39 Å². The van der Waals surface area contributed by atoms with Crippen LogP contribution in [0.1, 0.15) is 46.7 Å². The minimum absolute atomic E-state index is 0. The second kappa shape index (κ2) is 13.4. The predicted molar refractivity (Wildman–Crippen MR) is 139 cm³/mol. The highest BCUT2D eigenvalue weighted by Gasteiger charge is 2.22. The maximum Gasteiger partial charge on any atom is 0.166 e. The number of carbonyl (C=O) groups excluding carboxylic acids is 1. The Labute approximate surface area is 213 Å². The van der Waals surface area contributed by atoms with Gasteiger partial charge in [-0.2, -0.15) is 0 Å². The van der Waals surface area contributed by atoms with E-state index in [2.05, 4.69) is 29.2 Å². The number of aliphatic hydroxyl groups excluding tert-OH is 1. The first-order valence-electron chi connectivity index (χ1n) is 12.0. The number of para-hydroxylation sites is 1. The van der Waals surface area contributed by atoms with Crippen LogP contribution in [-0.2, 0) is 6.42 Å². The number of β-amino-alcohol motifs (C(OH)–C–C–N with tert-alkyl or cyclic N) is 1. The van der Waals surface area contributed by atoms with Crippen LogP contribution in [0.15, 0.2) is 78.9 Å². The van der Waals surface area contributed by atoms with Gasteiger partial charge in [-0.3, -0.25) is 4.79 Å². The van der Waals surface area contributed by atoms with Crippen molar-refractivity contribution in [1.29, 1.82) is 0 Å². The zero-order valence-corrected chi connectivity index (χ0v) is 20.6. The number of hydrogen-bond acceptors (Lipinski definition) is 4. The molecule has 1 atom stereocenters. The SMILES string of the molecule is Cl.O=C(CCc1ccc(F)cc1)c1ccccc1OCC(O)CN1CCC(c2ccccc2)CC1. The Hall–Kier alpha value is -2.73.